The Morgan fingerprint density at radius 3 is 2.22 bits per heavy atom. The van der Waals surface area contributed by atoms with E-state index in [0.717, 1.165) is 57.3 Å². The number of carbonyl (C=O) groups is 2. The lowest BCUT2D eigenvalue weighted by Crippen LogP contribution is -2.56. The van der Waals surface area contributed by atoms with E-state index < -0.39 is 10.0 Å². The van der Waals surface area contributed by atoms with Crippen LogP contribution in [0.2, 0.25) is 0 Å². The highest BCUT2D eigenvalue weighted by molar-refractivity contribution is 7.89. The van der Waals surface area contributed by atoms with Crippen LogP contribution in [0.3, 0.4) is 0 Å². The highest BCUT2D eigenvalue weighted by atomic mass is 32.2. The molecule has 2 aliphatic carbocycles. The van der Waals surface area contributed by atoms with Crippen LogP contribution >= 0.6 is 0 Å². The predicted molar refractivity (Wildman–Crippen MR) is 137 cm³/mol. The first kappa shape index (κ1) is 23.9. The van der Waals surface area contributed by atoms with Gasteiger partial charge in [-0.3, -0.25) is 14.5 Å². The van der Waals surface area contributed by atoms with Gasteiger partial charge in [-0.15, -0.1) is 0 Å². The number of sulfonamides is 1. The Morgan fingerprint density at radius 2 is 1.61 bits per heavy atom. The highest BCUT2D eigenvalue weighted by Gasteiger charge is 2.49. The van der Waals surface area contributed by atoms with Crippen LogP contribution in [0.15, 0.2) is 41.3 Å². The molecule has 36 heavy (non-hydrogen) atoms. The quantitative estimate of drug-likeness (QED) is 0.600. The number of amides is 1. The number of nitrogens with one attached hydrogen (secondary N) is 1. The normalized spacial score (nSPS) is 22.9. The van der Waals surface area contributed by atoms with E-state index in [9.17, 15) is 18.0 Å². The molecule has 0 atom stereocenters. The maximum atomic E-state index is 13.3. The van der Waals surface area contributed by atoms with Gasteiger partial charge < -0.3 is 9.47 Å². The third-order valence-electron chi connectivity index (χ3n) is 8.82. The minimum Gasteiger partial charge on any atom is -0.339 e. The summed E-state index contributed by atoms with van der Waals surface area (Å²) in [6.45, 7) is 4.97. The number of fused-ring (bicyclic) bond motifs is 2. The van der Waals surface area contributed by atoms with E-state index in [4.69, 9.17) is 0 Å². The summed E-state index contributed by atoms with van der Waals surface area (Å²) < 4.78 is 29.8. The number of hydrogen-bond acceptors (Lipinski definition) is 5. The summed E-state index contributed by atoms with van der Waals surface area (Å²) >= 11 is 0. The smallest absolute Gasteiger partial charge is 0.253 e. The molecule has 1 N–H and O–H groups in total. The monoisotopic (exact) mass is 512 g/mol. The minimum atomic E-state index is -3.53. The van der Waals surface area contributed by atoms with E-state index in [1.165, 1.54) is 17.8 Å². The first-order chi connectivity index (χ1) is 17.1. The van der Waals surface area contributed by atoms with Crippen molar-refractivity contribution in [3.05, 3.63) is 53.3 Å². The molecule has 2 aliphatic heterocycles. The van der Waals surface area contributed by atoms with Crippen molar-refractivity contribution >= 4 is 21.7 Å². The molecule has 0 bridgehead atoms. The van der Waals surface area contributed by atoms with E-state index in [-0.39, 0.29) is 35.0 Å². The molecule has 0 unspecified atom stereocenters. The lowest BCUT2D eigenvalue weighted by atomic mass is 9.81. The zero-order valence-corrected chi connectivity index (χ0v) is 21.8. The number of piperidine rings is 1. The third kappa shape index (κ3) is 3.92. The number of carbonyl (C=O) groups excluding carboxylic acids is 2. The van der Waals surface area contributed by atoms with Gasteiger partial charge in [0, 0.05) is 50.3 Å². The van der Waals surface area contributed by atoms with Crippen molar-refractivity contribution in [3.63, 3.8) is 0 Å². The number of ketones is 1. The van der Waals surface area contributed by atoms with Gasteiger partial charge in [0.2, 0.25) is 10.0 Å². The molecule has 1 saturated heterocycles. The van der Waals surface area contributed by atoms with Gasteiger partial charge in [0.25, 0.3) is 5.91 Å². The van der Waals surface area contributed by atoms with Crippen molar-refractivity contribution in [1.29, 1.82) is 0 Å². The fraction of sp³-hybridized carbons (Fsp3) is 0.556. The molecule has 1 aromatic carbocycles. The maximum Gasteiger partial charge on any atom is 0.253 e. The van der Waals surface area contributed by atoms with Crippen molar-refractivity contribution in [2.75, 3.05) is 26.7 Å². The van der Waals surface area contributed by atoms with E-state index in [0.29, 0.717) is 18.7 Å². The Kier molecular flexibility index (Phi) is 5.48. The summed E-state index contributed by atoms with van der Waals surface area (Å²) in [6.07, 6.45) is 5.28. The SMILES string of the molecule is CN1CCn2c(C(=O)C3(C)CC3)ccc2C12CCN(C(=O)c1ccc(S(=O)(=O)NC3CC3)cc1)CC2.[HH]. The first-order valence-corrected chi connectivity index (χ1v) is 14.5. The first-order valence-electron chi connectivity index (χ1n) is 13.0. The predicted octanol–water partition coefficient (Wildman–Crippen LogP) is 3.23. The number of likely N-dealkylation sites (N-methyl/N-ethyl adjacent to an activating group) is 1. The topological polar surface area (TPSA) is 91.7 Å². The average Bonchev–Trinajstić information content (AvgIpc) is 3.79. The Bertz CT molecular complexity index is 1320. The number of likely N-dealkylation sites (tertiary alicyclic amines) is 1. The molecule has 1 amide bonds. The molecule has 6 rings (SSSR count). The summed E-state index contributed by atoms with van der Waals surface area (Å²) in [6, 6.07) is 10.4. The van der Waals surface area contributed by atoms with Crippen molar-refractivity contribution in [2.24, 2.45) is 5.41 Å². The Labute approximate surface area is 214 Å². The van der Waals surface area contributed by atoms with Crippen LogP contribution in [0.1, 0.15) is 73.4 Å². The zero-order valence-electron chi connectivity index (χ0n) is 21.0. The molecule has 3 fully saturated rings. The molecule has 8 nitrogen and oxygen atoms in total. The number of benzene rings is 1. The van der Waals surface area contributed by atoms with Crippen molar-refractivity contribution in [1.82, 2.24) is 19.1 Å². The summed E-state index contributed by atoms with van der Waals surface area (Å²) in [5.41, 5.74) is 2.15. The van der Waals surface area contributed by atoms with Crippen LogP contribution < -0.4 is 4.72 Å². The summed E-state index contributed by atoms with van der Waals surface area (Å²) in [4.78, 5) is 30.8. The molecule has 1 aromatic heterocycles. The van der Waals surface area contributed by atoms with Crippen LogP contribution in [0.4, 0.5) is 0 Å². The van der Waals surface area contributed by atoms with Crippen molar-refractivity contribution in [3.8, 4) is 0 Å². The van der Waals surface area contributed by atoms with Crippen LogP contribution in [0.5, 0.6) is 0 Å². The van der Waals surface area contributed by atoms with Crippen LogP contribution in [0.25, 0.3) is 0 Å². The number of rotatable bonds is 6. The molecule has 3 heterocycles. The van der Waals surface area contributed by atoms with Gasteiger partial charge in [-0.1, -0.05) is 6.92 Å². The Balaban J connectivity index is 0.00000280. The van der Waals surface area contributed by atoms with Crippen LogP contribution in [0, 0.1) is 5.41 Å². The van der Waals surface area contributed by atoms with Crippen LogP contribution in [-0.4, -0.2) is 67.2 Å². The molecular weight excluding hydrogens is 476 g/mol. The number of hydrogen-bond donors (Lipinski definition) is 1. The minimum absolute atomic E-state index is 0. The van der Waals surface area contributed by atoms with Gasteiger partial charge in [-0.2, -0.15) is 0 Å². The van der Waals surface area contributed by atoms with E-state index in [1.54, 1.807) is 12.1 Å². The Hall–Kier alpha value is -2.49. The average molecular weight is 513 g/mol. The summed E-state index contributed by atoms with van der Waals surface area (Å²) in [5.74, 6) is 0.189. The lowest BCUT2D eigenvalue weighted by Gasteiger charge is -2.50. The standard InChI is InChI=1S/C27H34N4O4S.H2/c1-26(11-12-26)24(32)22-9-10-23-27(29(2)17-18-31(22)23)13-15-30(16-14-27)25(33)19-3-7-21(8-4-19)36(34,35)28-20-5-6-20;/h3-4,7-10,20,28H,5-6,11-18H2,1-2H3;1H. The van der Waals surface area contributed by atoms with Gasteiger partial charge in [-0.25, -0.2) is 13.1 Å². The van der Waals surface area contributed by atoms with E-state index in [1.807, 2.05) is 11.0 Å². The van der Waals surface area contributed by atoms with Gasteiger partial charge in [-0.05, 0) is 82.0 Å². The van der Waals surface area contributed by atoms with Gasteiger partial charge in [0.05, 0.1) is 16.1 Å². The highest BCUT2D eigenvalue weighted by Crippen LogP contribution is 2.49. The van der Waals surface area contributed by atoms with Crippen molar-refractivity contribution in [2.45, 2.75) is 68.5 Å². The maximum absolute atomic E-state index is 13.3. The lowest BCUT2D eigenvalue weighted by molar-refractivity contribution is 0.0127. The largest absolute Gasteiger partial charge is 0.339 e. The van der Waals surface area contributed by atoms with E-state index in [2.05, 4.69) is 34.2 Å². The molecule has 9 heteroatoms. The summed E-state index contributed by atoms with van der Waals surface area (Å²) in [7, 11) is -1.39. The zero-order chi connectivity index (χ0) is 25.3. The molecule has 1 spiro atoms. The second-order valence-electron chi connectivity index (χ2n) is 11.3. The second-order valence-corrected chi connectivity index (χ2v) is 13.0. The molecule has 194 valence electrons. The third-order valence-corrected chi connectivity index (χ3v) is 10.4. The summed E-state index contributed by atoms with van der Waals surface area (Å²) in [5, 5.41) is 0. The van der Waals surface area contributed by atoms with Crippen LogP contribution in [-0.2, 0) is 22.1 Å². The fourth-order valence-corrected chi connectivity index (χ4v) is 7.17. The van der Waals surface area contributed by atoms with Gasteiger partial charge in [0.1, 0.15) is 0 Å². The van der Waals surface area contributed by atoms with E-state index >= 15 is 0 Å². The number of Topliss-reactive ketones (excluding diaryl/α,β-unsaturated/α-hetero) is 1. The fourth-order valence-electron chi connectivity index (χ4n) is 5.86. The molecule has 0 radical (unpaired) electrons. The van der Waals surface area contributed by atoms with Crippen molar-refractivity contribution < 1.29 is 19.4 Å². The van der Waals surface area contributed by atoms with Gasteiger partial charge in [0.15, 0.2) is 5.78 Å². The number of nitrogens with zero attached hydrogens (tertiary/aromatic N) is 3. The van der Waals surface area contributed by atoms with Gasteiger partial charge >= 0.3 is 0 Å². The molecule has 2 aromatic rings. The second kappa shape index (κ2) is 8.26. The number of aromatic nitrogens is 1. The molecule has 4 aliphatic rings. The Morgan fingerprint density at radius 1 is 0.944 bits per heavy atom. The molecule has 2 saturated carbocycles. The molecular formula is C27H36N4O4S.